The van der Waals surface area contributed by atoms with Crippen LogP contribution in [0.4, 0.5) is 13.2 Å². The Bertz CT molecular complexity index is 1170. The van der Waals surface area contributed by atoms with Crippen molar-refractivity contribution >= 4 is 29.2 Å². The summed E-state index contributed by atoms with van der Waals surface area (Å²) in [5.41, 5.74) is 0. The first-order valence-corrected chi connectivity index (χ1v) is 17.0. The largest absolute Gasteiger partial charge is 0.391 e. The molecule has 5 heterocycles. The molecule has 0 aromatic carbocycles. The Morgan fingerprint density at radius 3 is 2.45 bits per heavy atom. The fourth-order valence-electron chi connectivity index (χ4n) is 8.05. The normalized spacial score (nSPS) is 42.1. The molecular weight excluding hydrogens is 649 g/mol. The third kappa shape index (κ3) is 7.16. The number of hydrogen-bond acceptors (Lipinski definition) is 12. The summed E-state index contributed by atoms with van der Waals surface area (Å²) in [6.45, 7) is 5.68. The molecule has 1 aliphatic carbocycles. The number of carbonyl (C=O) groups excluding carboxylic acids is 3. The van der Waals surface area contributed by atoms with Crippen molar-refractivity contribution in [3.8, 4) is 0 Å². The highest BCUT2D eigenvalue weighted by atomic mass is 35.5. The van der Waals surface area contributed by atoms with E-state index in [0.29, 0.717) is 39.3 Å². The molecule has 6 N–H and O–H groups in total. The van der Waals surface area contributed by atoms with E-state index in [1.54, 1.807) is 4.90 Å². The van der Waals surface area contributed by atoms with Gasteiger partial charge in [0.2, 0.25) is 11.8 Å². The minimum Gasteiger partial charge on any atom is -0.389 e. The number of rotatable bonds is 6. The Kier molecular flexibility index (Phi) is 10.7. The summed E-state index contributed by atoms with van der Waals surface area (Å²) in [6, 6.07) is -3.30. The SMILES string of the molecule is CCC1C(N2CCN(C(=O)C3NCNC(C)C3O)CC2)C(=O)C2NC3OCOC3NC2N1CC(=O)NC1CCC(C(F)(F)F)CC1Cl. The number of Topliss-reactive ketones (excluding diaryl/α,β-unsaturated/α-hetero) is 1. The molecule has 5 aliphatic heterocycles. The number of ketones is 1. The molecule has 12 unspecified atom stereocenters. The molecule has 6 rings (SSSR count). The van der Waals surface area contributed by atoms with Crippen LogP contribution in [0.3, 0.4) is 0 Å². The van der Waals surface area contributed by atoms with Crippen LogP contribution in [-0.4, -0.2) is 156 Å². The van der Waals surface area contributed by atoms with E-state index >= 15 is 0 Å². The molecule has 0 radical (unpaired) electrons. The van der Waals surface area contributed by atoms with Gasteiger partial charge in [-0.3, -0.25) is 45.5 Å². The number of nitrogens with one attached hydrogen (secondary N) is 5. The monoisotopic (exact) mass is 694 g/mol. The zero-order chi connectivity index (χ0) is 33.6. The number of nitrogens with zero attached hydrogens (tertiary/aromatic N) is 3. The number of likely N-dealkylation sites (tertiary alicyclic amines) is 1. The van der Waals surface area contributed by atoms with Crippen molar-refractivity contribution in [2.45, 2.75) is 112 Å². The second-order valence-corrected chi connectivity index (χ2v) is 14.0. The van der Waals surface area contributed by atoms with Crippen molar-refractivity contribution < 1.29 is 42.1 Å². The molecule has 0 aromatic rings. The molecule has 12 atom stereocenters. The van der Waals surface area contributed by atoms with Crippen LogP contribution >= 0.6 is 11.6 Å². The standard InChI is InChI=1S/C29H46ClF3N8O6/c1-3-18-22(39-6-8-40(9-7-39)28(45)21-23(43)14(2)34-12-35-21)24(44)20-25(38-27-26(37-20)46-13-47-27)41(18)11-19(42)36-17-5-4-15(10-16(17)30)29(31,32)33/h14-18,20-23,25-27,34-35,37-38,43H,3-13H2,1-2H3,(H,36,42). The number of aliphatic hydroxyl groups excluding tert-OH is 1. The van der Waals surface area contributed by atoms with Crippen LogP contribution in [0, 0.1) is 5.92 Å². The molecule has 266 valence electrons. The average Bonchev–Trinajstić information content (AvgIpc) is 3.51. The van der Waals surface area contributed by atoms with Gasteiger partial charge in [0, 0.05) is 51.0 Å². The summed E-state index contributed by atoms with van der Waals surface area (Å²) < 4.78 is 51.2. The van der Waals surface area contributed by atoms with Gasteiger partial charge in [-0.25, -0.2) is 0 Å². The molecule has 6 aliphatic rings. The minimum absolute atomic E-state index is 0.0389. The first-order valence-electron chi connectivity index (χ1n) is 16.6. The summed E-state index contributed by atoms with van der Waals surface area (Å²) >= 11 is 6.36. The van der Waals surface area contributed by atoms with Crippen molar-refractivity contribution in [2.24, 2.45) is 5.92 Å². The van der Waals surface area contributed by atoms with Gasteiger partial charge in [-0.1, -0.05) is 6.92 Å². The van der Waals surface area contributed by atoms with Crippen LogP contribution < -0.4 is 26.6 Å². The van der Waals surface area contributed by atoms with Crippen molar-refractivity contribution in [2.75, 3.05) is 46.2 Å². The van der Waals surface area contributed by atoms with Crippen LogP contribution in [0.2, 0.25) is 0 Å². The van der Waals surface area contributed by atoms with Crippen molar-refractivity contribution in [3.05, 3.63) is 0 Å². The Morgan fingerprint density at radius 1 is 1.09 bits per heavy atom. The van der Waals surface area contributed by atoms with Gasteiger partial charge < -0.3 is 24.8 Å². The van der Waals surface area contributed by atoms with E-state index in [9.17, 15) is 32.7 Å². The number of alkyl halides is 4. The number of halogens is 4. The second kappa shape index (κ2) is 14.3. The number of fused-ring (bicyclic) bond motifs is 2. The fraction of sp³-hybridized carbons (Fsp3) is 0.897. The summed E-state index contributed by atoms with van der Waals surface area (Å²) in [7, 11) is 0. The van der Waals surface area contributed by atoms with Gasteiger partial charge in [0.05, 0.1) is 42.2 Å². The van der Waals surface area contributed by atoms with Crippen LogP contribution in [0.5, 0.6) is 0 Å². The fourth-order valence-corrected chi connectivity index (χ4v) is 8.46. The highest BCUT2D eigenvalue weighted by molar-refractivity contribution is 6.21. The smallest absolute Gasteiger partial charge is 0.389 e. The highest BCUT2D eigenvalue weighted by Crippen LogP contribution is 2.39. The van der Waals surface area contributed by atoms with Crippen molar-refractivity contribution in [1.29, 1.82) is 0 Å². The van der Waals surface area contributed by atoms with Crippen LogP contribution in [0.25, 0.3) is 0 Å². The number of piperidine rings is 1. The van der Waals surface area contributed by atoms with Gasteiger partial charge in [0.25, 0.3) is 0 Å². The lowest BCUT2D eigenvalue weighted by Gasteiger charge is -2.55. The predicted octanol–water partition coefficient (Wildman–Crippen LogP) is -1.57. The summed E-state index contributed by atoms with van der Waals surface area (Å²) in [5.74, 6) is -2.12. The number of hydrogen-bond donors (Lipinski definition) is 6. The van der Waals surface area contributed by atoms with E-state index in [4.69, 9.17) is 21.1 Å². The molecule has 5 saturated heterocycles. The first-order chi connectivity index (χ1) is 22.4. The van der Waals surface area contributed by atoms with Crippen molar-refractivity contribution in [3.63, 3.8) is 0 Å². The number of amides is 2. The van der Waals surface area contributed by atoms with Gasteiger partial charge in [0.15, 0.2) is 25.0 Å². The van der Waals surface area contributed by atoms with Gasteiger partial charge in [-0.2, -0.15) is 13.2 Å². The van der Waals surface area contributed by atoms with Gasteiger partial charge in [-0.05, 0) is 32.6 Å². The number of aliphatic hydroxyl groups is 1. The topological polar surface area (TPSA) is 160 Å². The maximum Gasteiger partial charge on any atom is 0.391 e. The Balaban J connectivity index is 1.16. The Morgan fingerprint density at radius 2 is 1.79 bits per heavy atom. The molecule has 0 bridgehead atoms. The first kappa shape index (κ1) is 35.2. The van der Waals surface area contributed by atoms with E-state index in [1.165, 1.54) is 0 Å². The van der Waals surface area contributed by atoms with Crippen LogP contribution in [0.15, 0.2) is 0 Å². The molecule has 0 spiro atoms. The molecule has 14 nitrogen and oxygen atoms in total. The third-order valence-electron chi connectivity index (χ3n) is 10.7. The minimum atomic E-state index is -4.33. The highest BCUT2D eigenvalue weighted by Gasteiger charge is 2.56. The number of ether oxygens (including phenoxy) is 2. The Hall–Kier alpha value is -1.67. The lowest BCUT2D eigenvalue weighted by molar-refractivity contribution is -0.182. The molecule has 1 saturated carbocycles. The molecule has 47 heavy (non-hydrogen) atoms. The lowest BCUT2D eigenvalue weighted by Crippen LogP contribution is -2.81. The molecule has 2 amide bonds. The maximum atomic E-state index is 14.3. The third-order valence-corrected chi connectivity index (χ3v) is 11.2. The Labute approximate surface area is 276 Å². The molecule has 6 fully saturated rings. The van der Waals surface area contributed by atoms with Crippen LogP contribution in [0.1, 0.15) is 39.5 Å². The maximum absolute atomic E-state index is 14.3. The van der Waals surface area contributed by atoms with E-state index in [0.717, 1.165) is 0 Å². The summed E-state index contributed by atoms with van der Waals surface area (Å²) in [4.78, 5) is 46.8. The predicted molar refractivity (Wildman–Crippen MR) is 162 cm³/mol. The number of carbonyl (C=O) groups is 3. The molecular formula is C29H46ClF3N8O6. The van der Waals surface area contributed by atoms with Crippen LogP contribution in [-0.2, 0) is 23.9 Å². The van der Waals surface area contributed by atoms with E-state index in [2.05, 4.69) is 31.5 Å². The molecule has 18 heteroatoms. The quantitative estimate of drug-likeness (QED) is 0.178. The van der Waals surface area contributed by atoms with Gasteiger partial charge in [-0.15, -0.1) is 11.6 Å². The zero-order valence-corrected chi connectivity index (χ0v) is 27.3. The van der Waals surface area contributed by atoms with Gasteiger partial charge >= 0.3 is 6.18 Å². The zero-order valence-electron chi connectivity index (χ0n) is 26.5. The summed E-state index contributed by atoms with van der Waals surface area (Å²) in [5, 5.41) is 25.4. The van der Waals surface area contributed by atoms with Crippen molar-refractivity contribution in [1.82, 2.24) is 41.3 Å². The second-order valence-electron chi connectivity index (χ2n) is 13.5. The van der Waals surface area contributed by atoms with Gasteiger partial charge in [0.1, 0.15) is 6.04 Å². The van der Waals surface area contributed by atoms with E-state index in [-0.39, 0.29) is 56.2 Å². The summed E-state index contributed by atoms with van der Waals surface area (Å²) in [6.07, 6.45) is -6.63. The average molecular weight is 695 g/mol. The molecule has 0 aromatic heterocycles. The van der Waals surface area contributed by atoms with E-state index < -0.39 is 72.4 Å². The lowest BCUT2D eigenvalue weighted by atomic mass is 9.84. The number of piperazine rings is 2. The van der Waals surface area contributed by atoms with E-state index in [1.807, 2.05) is 18.7 Å².